The number of amides is 1. The number of primary amides is 1. The molecule has 0 aromatic rings. The first-order valence-electron chi connectivity index (χ1n) is 7.57. The first-order valence-corrected chi connectivity index (χ1v) is 7.57. The van der Waals surface area contributed by atoms with E-state index < -0.39 is 5.54 Å². The Morgan fingerprint density at radius 3 is 1.83 bits per heavy atom. The maximum Gasteiger partial charge on any atom is 0.238 e. The lowest BCUT2D eigenvalue weighted by molar-refractivity contribution is -0.127. The van der Waals surface area contributed by atoms with Gasteiger partial charge in [0.05, 0.1) is 0 Å². The molecule has 0 aromatic heterocycles. The molecule has 0 saturated carbocycles. The van der Waals surface area contributed by atoms with Gasteiger partial charge < -0.3 is 11.1 Å². The van der Waals surface area contributed by atoms with Gasteiger partial charge in [-0.25, -0.2) is 0 Å². The van der Waals surface area contributed by atoms with Crippen molar-refractivity contribution in [3.8, 4) is 0 Å². The lowest BCUT2D eigenvalue weighted by Gasteiger charge is -2.38. The summed E-state index contributed by atoms with van der Waals surface area (Å²) in [6, 6.07) is 0. The molecule has 0 aromatic carbocycles. The number of nitrogens with one attached hydrogen (secondary N) is 1. The van der Waals surface area contributed by atoms with E-state index >= 15 is 0 Å². The first-order chi connectivity index (χ1) is 8.52. The second-order valence-corrected chi connectivity index (χ2v) is 5.27. The molecular formula is C15H32N2O. The third kappa shape index (κ3) is 3.98. The maximum atomic E-state index is 12.0. The van der Waals surface area contributed by atoms with Gasteiger partial charge in [0.2, 0.25) is 5.91 Å². The van der Waals surface area contributed by atoms with Crippen molar-refractivity contribution in [3.05, 3.63) is 0 Å². The molecule has 1 amide bonds. The molecular weight excluding hydrogens is 224 g/mol. The van der Waals surface area contributed by atoms with Crippen molar-refractivity contribution in [2.45, 2.75) is 72.3 Å². The monoisotopic (exact) mass is 256 g/mol. The van der Waals surface area contributed by atoms with E-state index in [4.69, 9.17) is 5.73 Å². The van der Waals surface area contributed by atoms with E-state index in [1.54, 1.807) is 0 Å². The third-order valence-corrected chi connectivity index (χ3v) is 4.54. The third-order valence-electron chi connectivity index (χ3n) is 4.54. The molecule has 0 aliphatic carbocycles. The van der Waals surface area contributed by atoms with Gasteiger partial charge in [0, 0.05) is 0 Å². The molecule has 3 nitrogen and oxygen atoms in total. The van der Waals surface area contributed by atoms with Crippen LogP contribution >= 0.6 is 0 Å². The van der Waals surface area contributed by atoms with Crippen LogP contribution in [-0.2, 0) is 4.79 Å². The van der Waals surface area contributed by atoms with Crippen molar-refractivity contribution in [3.63, 3.8) is 0 Å². The van der Waals surface area contributed by atoms with E-state index in [9.17, 15) is 4.79 Å². The maximum absolute atomic E-state index is 12.0. The highest BCUT2D eigenvalue weighted by atomic mass is 16.1. The molecule has 0 fully saturated rings. The Balaban J connectivity index is 4.91. The Kier molecular flexibility index (Phi) is 8.25. The van der Waals surface area contributed by atoms with Crippen molar-refractivity contribution in [1.29, 1.82) is 0 Å². The van der Waals surface area contributed by atoms with E-state index in [0.29, 0.717) is 11.8 Å². The minimum Gasteiger partial charge on any atom is -0.368 e. The molecule has 0 spiro atoms. The fourth-order valence-electron chi connectivity index (χ4n) is 2.91. The molecule has 0 rings (SSSR count). The van der Waals surface area contributed by atoms with Crippen molar-refractivity contribution >= 4 is 5.91 Å². The summed E-state index contributed by atoms with van der Waals surface area (Å²) in [5.74, 6) is 0.767. The molecule has 0 saturated heterocycles. The molecule has 18 heavy (non-hydrogen) atoms. The molecule has 108 valence electrons. The van der Waals surface area contributed by atoms with Gasteiger partial charge in [0.15, 0.2) is 0 Å². The Hall–Kier alpha value is -0.570. The highest BCUT2D eigenvalue weighted by molar-refractivity contribution is 5.85. The molecule has 3 N–H and O–H groups in total. The van der Waals surface area contributed by atoms with Crippen molar-refractivity contribution in [1.82, 2.24) is 5.32 Å². The zero-order valence-electron chi connectivity index (χ0n) is 12.9. The molecule has 0 heterocycles. The summed E-state index contributed by atoms with van der Waals surface area (Å²) in [6.45, 7) is 11.6. The van der Waals surface area contributed by atoms with E-state index in [-0.39, 0.29) is 5.91 Å². The van der Waals surface area contributed by atoms with Crippen molar-refractivity contribution in [2.24, 2.45) is 17.6 Å². The summed E-state index contributed by atoms with van der Waals surface area (Å²) in [6.07, 6.45) is 5.04. The fourth-order valence-corrected chi connectivity index (χ4v) is 2.91. The fraction of sp³-hybridized carbons (Fsp3) is 0.933. The molecule has 0 aliphatic rings. The predicted octanol–water partition coefficient (Wildman–Crippen LogP) is 3.08. The number of nitrogens with two attached hydrogens (primary N) is 1. The van der Waals surface area contributed by atoms with E-state index in [0.717, 1.165) is 38.6 Å². The van der Waals surface area contributed by atoms with Crippen LogP contribution < -0.4 is 11.1 Å². The van der Waals surface area contributed by atoms with E-state index in [1.165, 1.54) is 0 Å². The molecule has 3 heteroatoms. The summed E-state index contributed by atoms with van der Waals surface area (Å²) >= 11 is 0. The number of carbonyl (C=O) groups is 1. The first kappa shape index (κ1) is 17.4. The number of hydrogen-bond acceptors (Lipinski definition) is 2. The second kappa shape index (κ2) is 8.52. The van der Waals surface area contributed by atoms with E-state index in [2.05, 4.69) is 39.9 Å². The van der Waals surface area contributed by atoms with Crippen LogP contribution in [0.15, 0.2) is 0 Å². The quantitative estimate of drug-likeness (QED) is 0.631. The van der Waals surface area contributed by atoms with Crippen LogP contribution in [0.4, 0.5) is 0 Å². The zero-order valence-corrected chi connectivity index (χ0v) is 12.9. The standard InChI is InChI=1S/C15H32N2O/c1-6-12(7-2)11-17-15(10-5,14(16)18)13(8-3)9-4/h12-13,17H,6-11H2,1-5H3,(H2,16,18). The van der Waals surface area contributed by atoms with Crippen LogP contribution in [0, 0.1) is 11.8 Å². The van der Waals surface area contributed by atoms with Gasteiger partial charge >= 0.3 is 0 Å². The Labute approximate surface area is 113 Å². The van der Waals surface area contributed by atoms with Crippen LogP contribution in [0.2, 0.25) is 0 Å². The van der Waals surface area contributed by atoms with E-state index in [1.807, 2.05) is 0 Å². The highest BCUT2D eigenvalue weighted by Crippen LogP contribution is 2.28. The van der Waals surface area contributed by atoms with Gasteiger partial charge in [0.25, 0.3) is 0 Å². The SMILES string of the molecule is CCC(CC)CNC(CC)(C(N)=O)C(CC)CC. The largest absolute Gasteiger partial charge is 0.368 e. The zero-order chi connectivity index (χ0) is 14.2. The lowest BCUT2D eigenvalue weighted by atomic mass is 9.77. The normalized spacial score (nSPS) is 15.1. The van der Waals surface area contributed by atoms with Crippen LogP contribution in [-0.4, -0.2) is 18.0 Å². The Bertz CT molecular complexity index is 235. The summed E-state index contributed by atoms with van der Waals surface area (Å²) in [5.41, 5.74) is 5.18. The minimum atomic E-state index is -0.522. The van der Waals surface area contributed by atoms with Gasteiger partial charge in [-0.2, -0.15) is 0 Å². The van der Waals surface area contributed by atoms with Gasteiger partial charge in [-0.15, -0.1) is 0 Å². The molecule has 0 radical (unpaired) electrons. The molecule has 0 bridgehead atoms. The van der Waals surface area contributed by atoms with Gasteiger partial charge in [0.1, 0.15) is 5.54 Å². The highest BCUT2D eigenvalue weighted by Gasteiger charge is 2.40. The second-order valence-electron chi connectivity index (χ2n) is 5.27. The smallest absolute Gasteiger partial charge is 0.238 e. The minimum absolute atomic E-state index is 0.190. The van der Waals surface area contributed by atoms with Crippen LogP contribution in [0.25, 0.3) is 0 Å². The van der Waals surface area contributed by atoms with Gasteiger partial charge in [-0.05, 0) is 24.8 Å². The summed E-state index contributed by atoms with van der Waals surface area (Å²) in [5, 5.41) is 3.51. The Morgan fingerprint density at radius 2 is 1.56 bits per heavy atom. The number of rotatable bonds is 10. The molecule has 0 aliphatic heterocycles. The van der Waals surface area contributed by atoms with Crippen molar-refractivity contribution < 1.29 is 4.79 Å². The average Bonchev–Trinajstić information content (AvgIpc) is 2.38. The molecule has 1 unspecified atom stereocenters. The summed E-state index contributed by atoms with van der Waals surface area (Å²) in [7, 11) is 0. The average molecular weight is 256 g/mol. The van der Waals surface area contributed by atoms with Gasteiger partial charge in [-0.3, -0.25) is 4.79 Å². The van der Waals surface area contributed by atoms with Crippen LogP contribution in [0.1, 0.15) is 66.7 Å². The number of carbonyl (C=O) groups excluding carboxylic acids is 1. The van der Waals surface area contributed by atoms with Gasteiger partial charge in [-0.1, -0.05) is 60.3 Å². The summed E-state index contributed by atoms with van der Waals surface area (Å²) in [4.78, 5) is 12.0. The topological polar surface area (TPSA) is 55.1 Å². The predicted molar refractivity (Wildman–Crippen MR) is 78.4 cm³/mol. The summed E-state index contributed by atoms with van der Waals surface area (Å²) < 4.78 is 0. The molecule has 1 atom stereocenters. The lowest BCUT2D eigenvalue weighted by Crippen LogP contribution is -2.60. The van der Waals surface area contributed by atoms with Crippen molar-refractivity contribution in [2.75, 3.05) is 6.54 Å². The number of hydrogen-bond donors (Lipinski definition) is 2. The van der Waals surface area contributed by atoms with Crippen LogP contribution in [0.3, 0.4) is 0 Å². The Morgan fingerprint density at radius 1 is 1.06 bits per heavy atom. The van der Waals surface area contributed by atoms with Crippen LogP contribution in [0.5, 0.6) is 0 Å².